The summed E-state index contributed by atoms with van der Waals surface area (Å²) in [5.74, 6) is -0.120. The zero-order valence-corrected chi connectivity index (χ0v) is 13.7. The van der Waals surface area contributed by atoms with Crippen LogP contribution in [0.1, 0.15) is 23.2 Å². The Balaban J connectivity index is 1.82. The summed E-state index contributed by atoms with van der Waals surface area (Å²) < 4.78 is 25.2. The summed E-state index contributed by atoms with van der Waals surface area (Å²) in [4.78, 5) is 14.8. The molecule has 2 heterocycles. The van der Waals surface area contributed by atoms with Crippen LogP contribution in [0.5, 0.6) is 0 Å². The van der Waals surface area contributed by atoms with Gasteiger partial charge in [-0.2, -0.15) is 5.10 Å². The van der Waals surface area contributed by atoms with Gasteiger partial charge in [0.2, 0.25) is 0 Å². The highest BCUT2D eigenvalue weighted by atomic mass is 32.2. The molecule has 0 radical (unpaired) electrons. The maximum atomic E-state index is 12.8. The van der Waals surface area contributed by atoms with Crippen LogP contribution in [0, 0.1) is 0 Å². The smallest absolute Gasteiger partial charge is 0.254 e. The maximum absolute atomic E-state index is 12.8. The predicted molar refractivity (Wildman–Crippen MR) is 85.8 cm³/mol. The Morgan fingerprint density at radius 2 is 2.17 bits per heavy atom. The van der Waals surface area contributed by atoms with Crippen LogP contribution < -0.4 is 0 Å². The van der Waals surface area contributed by atoms with Crippen LogP contribution in [0.25, 0.3) is 0 Å². The van der Waals surface area contributed by atoms with E-state index in [4.69, 9.17) is 0 Å². The van der Waals surface area contributed by atoms with Crippen molar-refractivity contribution in [3.05, 3.63) is 48.3 Å². The Morgan fingerprint density at radius 3 is 2.87 bits per heavy atom. The fraction of sp³-hybridized carbons (Fsp3) is 0.375. The zero-order valence-electron chi connectivity index (χ0n) is 12.9. The lowest BCUT2D eigenvalue weighted by molar-refractivity contribution is 0.0721. The number of aromatic nitrogens is 2. The van der Waals surface area contributed by atoms with Crippen molar-refractivity contribution in [1.29, 1.82) is 0 Å². The second kappa shape index (κ2) is 6.16. The monoisotopic (exact) mass is 333 g/mol. The summed E-state index contributed by atoms with van der Waals surface area (Å²) in [6.45, 7) is 1.35. The van der Waals surface area contributed by atoms with E-state index in [1.54, 1.807) is 18.3 Å². The van der Waals surface area contributed by atoms with E-state index in [0.29, 0.717) is 18.7 Å². The number of sulfone groups is 1. The van der Waals surface area contributed by atoms with Crippen molar-refractivity contribution in [3.63, 3.8) is 0 Å². The van der Waals surface area contributed by atoms with E-state index in [0.717, 1.165) is 19.1 Å². The minimum atomic E-state index is -3.32. The van der Waals surface area contributed by atoms with Crippen LogP contribution in [-0.2, 0) is 16.4 Å². The van der Waals surface area contributed by atoms with Gasteiger partial charge in [0.05, 0.1) is 17.5 Å². The van der Waals surface area contributed by atoms with Crippen molar-refractivity contribution in [1.82, 2.24) is 14.7 Å². The van der Waals surface area contributed by atoms with Gasteiger partial charge in [-0.3, -0.25) is 9.48 Å². The van der Waals surface area contributed by atoms with Gasteiger partial charge in [-0.25, -0.2) is 8.42 Å². The van der Waals surface area contributed by atoms with Gasteiger partial charge in [0, 0.05) is 30.8 Å². The van der Waals surface area contributed by atoms with Gasteiger partial charge >= 0.3 is 0 Å². The fourth-order valence-electron chi connectivity index (χ4n) is 2.94. The first-order valence-corrected chi connectivity index (χ1v) is 9.43. The van der Waals surface area contributed by atoms with Crippen molar-refractivity contribution in [2.24, 2.45) is 0 Å². The van der Waals surface area contributed by atoms with Crippen LogP contribution in [0.3, 0.4) is 0 Å². The number of carbonyl (C=O) groups is 1. The number of carbonyl (C=O) groups excluding carboxylic acids is 1. The summed E-state index contributed by atoms with van der Waals surface area (Å²) in [5, 5.41) is 4.19. The number of likely N-dealkylation sites (tertiary alicyclic amines) is 1. The van der Waals surface area contributed by atoms with Crippen molar-refractivity contribution >= 4 is 15.7 Å². The summed E-state index contributed by atoms with van der Waals surface area (Å²) >= 11 is 0. The normalized spacial score (nSPS) is 18.3. The maximum Gasteiger partial charge on any atom is 0.254 e. The third kappa shape index (κ3) is 3.44. The molecule has 0 N–H and O–H groups in total. The molecule has 1 aromatic carbocycles. The van der Waals surface area contributed by atoms with Gasteiger partial charge < -0.3 is 4.90 Å². The van der Waals surface area contributed by atoms with E-state index >= 15 is 0 Å². The standard InChI is InChI=1S/C16H19N3O3S/c1-23(21,22)15-7-2-5-13(11-15)16(20)19-10-3-6-14(19)12-18-9-4-8-17-18/h2,4-5,7-9,11,14H,3,6,10,12H2,1H3/t14-/m0/s1. The van der Waals surface area contributed by atoms with E-state index in [9.17, 15) is 13.2 Å². The Morgan fingerprint density at radius 1 is 1.35 bits per heavy atom. The van der Waals surface area contributed by atoms with Crippen molar-refractivity contribution < 1.29 is 13.2 Å². The number of benzene rings is 1. The van der Waals surface area contributed by atoms with Crippen molar-refractivity contribution in [3.8, 4) is 0 Å². The Labute approximate surface area is 135 Å². The summed E-state index contributed by atoms with van der Waals surface area (Å²) in [6.07, 6.45) is 6.62. The van der Waals surface area contributed by atoms with Crippen LogP contribution in [0.4, 0.5) is 0 Å². The molecule has 7 heteroatoms. The molecule has 1 amide bonds. The molecule has 1 atom stereocenters. The minimum absolute atomic E-state index is 0.0873. The van der Waals surface area contributed by atoms with E-state index in [-0.39, 0.29) is 16.8 Å². The summed E-state index contributed by atoms with van der Waals surface area (Å²) in [7, 11) is -3.32. The molecule has 0 saturated carbocycles. The summed E-state index contributed by atoms with van der Waals surface area (Å²) in [6, 6.07) is 8.20. The first-order valence-electron chi connectivity index (χ1n) is 7.54. The second-order valence-electron chi connectivity index (χ2n) is 5.82. The lowest BCUT2D eigenvalue weighted by Crippen LogP contribution is -2.38. The van der Waals surface area contributed by atoms with Gasteiger partial charge in [0.15, 0.2) is 9.84 Å². The molecule has 1 saturated heterocycles. The van der Waals surface area contributed by atoms with Crippen molar-refractivity contribution in [2.45, 2.75) is 30.3 Å². The summed E-state index contributed by atoms with van der Waals surface area (Å²) in [5.41, 5.74) is 0.417. The molecule has 0 aliphatic carbocycles. The van der Waals surface area contributed by atoms with Crippen LogP contribution in [-0.4, -0.2) is 47.8 Å². The minimum Gasteiger partial charge on any atom is -0.334 e. The molecule has 1 fully saturated rings. The molecule has 1 aliphatic rings. The molecule has 0 unspecified atom stereocenters. The Bertz CT molecular complexity index is 800. The zero-order chi connectivity index (χ0) is 16.4. The third-order valence-electron chi connectivity index (χ3n) is 4.10. The SMILES string of the molecule is CS(=O)(=O)c1cccc(C(=O)N2CCC[C@H]2Cn2cccn2)c1. The first-order chi connectivity index (χ1) is 10.9. The van der Waals surface area contributed by atoms with Crippen LogP contribution in [0.2, 0.25) is 0 Å². The average Bonchev–Trinajstić information content (AvgIpc) is 3.18. The largest absolute Gasteiger partial charge is 0.334 e. The number of amides is 1. The second-order valence-corrected chi connectivity index (χ2v) is 7.84. The predicted octanol–water partition coefficient (Wildman–Crippen LogP) is 1.59. The molecular formula is C16H19N3O3S. The number of hydrogen-bond acceptors (Lipinski definition) is 4. The van der Waals surface area contributed by atoms with Gasteiger partial charge in [0.25, 0.3) is 5.91 Å². The van der Waals surface area contributed by atoms with E-state index < -0.39 is 9.84 Å². The van der Waals surface area contributed by atoms with Crippen molar-refractivity contribution in [2.75, 3.05) is 12.8 Å². The van der Waals surface area contributed by atoms with Gasteiger partial charge in [0.1, 0.15) is 0 Å². The number of hydrogen-bond donors (Lipinski definition) is 0. The topological polar surface area (TPSA) is 72.3 Å². The van der Waals surface area contributed by atoms with E-state index in [2.05, 4.69) is 5.10 Å². The quantitative estimate of drug-likeness (QED) is 0.852. The van der Waals surface area contributed by atoms with Gasteiger partial charge in [-0.1, -0.05) is 6.07 Å². The van der Waals surface area contributed by atoms with Gasteiger partial charge in [-0.15, -0.1) is 0 Å². The fourth-order valence-corrected chi connectivity index (χ4v) is 3.61. The molecular weight excluding hydrogens is 314 g/mol. The van der Waals surface area contributed by atoms with E-state index in [1.807, 2.05) is 21.8 Å². The lowest BCUT2D eigenvalue weighted by atomic mass is 10.1. The molecule has 23 heavy (non-hydrogen) atoms. The molecule has 1 aromatic heterocycles. The number of nitrogens with zero attached hydrogens (tertiary/aromatic N) is 3. The Hall–Kier alpha value is -2.15. The highest BCUT2D eigenvalue weighted by Crippen LogP contribution is 2.22. The Kier molecular flexibility index (Phi) is 4.21. The molecule has 2 aromatic rings. The molecule has 122 valence electrons. The highest BCUT2D eigenvalue weighted by Gasteiger charge is 2.30. The van der Waals surface area contributed by atoms with Crippen LogP contribution in [0.15, 0.2) is 47.6 Å². The molecule has 0 bridgehead atoms. The lowest BCUT2D eigenvalue weighted by Gasteiger charge is -2.25. The van der Waals surface area contributed by atoms with E-state index in [1.165, 1.54) is 12.1 Å². The van der Waals surface area contributed by atoms with Crippen LogP contribution >= 0.6 is 0 Å². The van der Waals surface area contributed by atoms with Gasteiger partial charge in [-0.05, 0) is 37.1 Å². The first kappa shape index (κ1) is 15.7. The third-order valence-corrected chi connectivity index (χ3v) is 5.21. The molecule has 1 aliphatic heterocycles. The molecule has 6 nitrogen and oxygen atoms in total. The molecule has 0 spiro atoms. The molecule has 3 rings (SSSR count). The number of rotatable bonds is 4. The highest BCUT2D eigenvalue weighted by molar-refractivity contribution is 7.90. The average molecular weight is 333 g/mol.